The van der Waals surface area contributed by atoms with Crippen molar-refractivity contribution in [2.75, 3.05) is 22.3 Å². The minimum atomic E-state index is -3.36. The molecule has 9 heteroatoms. The number of β-amino-alcohol motifs (C(OH)–C–C–N with tert-alkyl or cyclic N) is 1. The number of aliphatic hydroxyl groups is 1. The molecule has 0 aromatic heterocycles. The molecule has 130 valence electrons. The van der Waals surface area contributed by atoms with Gasteiger partial charge in [-0.05, 0) is 31.0 Å². The van der Waals surface area contributed by atoms with Gasteiger partial charge in [0.05, 0.1) is 23.6 Å². The van der Waals surface area contributed by atoms with Gasteiger partial charge < -0.3 is 15.7 Å². The summed E-state index contributed by atoms with van der Waals surface area (Å²) in [4.78, 5) is 12.0. The summed E-state index contributed by atoms with van der Waals surface area (Å²) >= 11 is 0. The number of anilines is 2. The van der Waals surface area contributed by atoms with Crippen molar-refractivity contribution in [3.05, 3.63) is 24.3 Å². The van der Waals surface area contributed by atoms with Gasteiger partial charge in [0, 0.05) is 12.2 Å². The van der Waals surface area contributed by atoms with Gasteiger partial charge in [-0.2, -0.15) is 0 Å². The normalized spacial score (nSPS) is 20.6. The number of benzene rings is 1. The molecule has 1 heterocycles. The summed E-state index contributed by atoms with van der Waals surface area (Å²) in [5, 5.41) is 15.1. The molecule has 4 N–H and O–H groups in total. The van der Waals surface area contributed by atoms with Crippen molar-refractivity contribution in [2.24, 2.45) is 0 Å². The highest BCUT2D eigenvalue weighted by Crippen LogP contribution is 2.18. The van der Waals surface area contributed by atoms with Gasteiger partial charge in [-0.3, -0.25) is 9.52 Å². The quantitative estimate of drug-likeness (QED) is 0.601. The van der Waals surface area contributed by atoms with Gasteiger partial charge in [0.1, 0.15) is 0 Å². The molecule has 7 nitrogen and oxygen atoms in total. The number of rotatable bonds is 6. The average Bonchev–Trinajstić information content (AvgIpc) is 2.85. The van der Waals surface area contributed by atoms with Crippen LogP contribution in [0.25, 0.3) is 0 Å². The molecular weight excluding hydrogens is 342 g/mol. The van der Waals surface area contributed by atoms with E-state index in [1.165, 1.54) is 0 Å². The Bertz CT molecular complexity index is 639. The predicted molar refractivity (Wildman–Crippen MR) is 92.4 cm³/mol. The lowest BCUT2D eigenvalue weighted by atomic mass is 10.2. The maximum absolute atomic E-state index is 12.0. The number of hydrogen-bond acceptors (Lipinski definition) is 5. The van der Waals surface area contributed by atoms with Gasteiger partial charge in [-0.25, -0.2) is 8.42 Å². The van der Waals surface area contributed by atoms with Crippen LogP contribution in [0.3, 0.4) is 0 Å². The summed E-state index contributed by atoms with van der Waals surface area (Å²) in [5.74, 6) is -0.196. The van der Waals surface area contributed by atoms with Crippen molar-refractivity contribution in [2.45, 2.75) is 31.9 Å². The van der Waals surface area contributed by atoms with Crippen molar-refractivity contribution < 1.29 is 18.3 Å². The number of carbonyl (C=O) groups excluding carboxylic acids is 1. The molecule has 2 atom stereocenters. The van der Waals surface area contributed by atoms with E-state index in [9.17, 15) is 18.3 Å². The van der Waals surface area contributed by atoms with Crippen LogP contribution >= 0.6 is 12.4 Å². The van der Waals surface area contributed by atoms with Gasteiger partial charge in [0.2, 0.25) is 15.9 Å². The van der Waals surface area contributed by atoms with E-state index in [1.807, 2.05) is 0 Å². The fraction of sp³-hybridized carbons (Fsp3) is 0.500. The zero-order valence-electron chi connectivity index (χ0n) is 12.8. The molecule has 0 saturated carbocycles. The minimum absolute atomic E-state index is 0. The Balaban J connectivity index is 0.00000264. The molecule has 2 unspecified atom stereocenters. The molecule has 0 radical (unpaired) electrons. The molecule has 0 bridgehead atoms. The van der Waals surface area contributed by atoms with E-state index in [-0.39, 0.29) is 24.1 Å². The first-order valence-electron chi connectivity index (χ1n) is 7.22. The molecule has 1 aliphatic rings. The first-order valence-corrected chi connectivity index (χ1v) is 8.87. The summed E-state index contributed by atoms with van der Waals surface area (Å²) in [7, 11) is -3.36. The lowest BCUT2D eigenvalue weighted by Crippen LogP contribution is -2.35. The largest absolute Gasteiger partial charge is 0.392 e. The van der Waals surface area contributed by atoms with Gasteiger partial charge in [0.25, 0.3) is 0 Å². The predicted octanol–water partition coefficient (Wildman–Crippen LogP) is 0.921. The second kappa shape index (κ2) is 8.49. The van der Waals surface area contributed by atoms with Gasteiger partial charge in [-0.1, -0.05) is 13.0 Å². The molecule has 1 amide bonds. The average molecular weight is 364 g/mol. The van der Waals surface area contributed by atoms with Crippen LogP contribution < -0.4 is 15.4 Å². The highest BCUT2D eigenvalue weighted by molar-refractivity contribution is 7.92. The molecular formula is C14H22ClN3O4S. The van der Waals surface area contributed by atoms with E-state index >= 15 is 0 Å². The zero-order valence-corrected chi connectivity index (χ0v) is 14.4. The Morgan fingerprint density at radius 3 is 2.70 bits per heavy atom. The molecule has 1 aliphatic heterocycles. The van der Waals surface area contributed by atoms with E-state index in [2.05, 4.69) is 15.4 Å². The summed E-state index contributed by atoms with van der Waals surface area (Å²) in [6, 6.07) is 6.10. The van der Waals surface area contributed by atoms with Crippen LogP contribution in [0.4, 0.5) is 11.4 Å². The van der Waals surface area contributed by atoms with Crippen LogP contribution in [0, 0.1) is 0 Å². The summed E-state index contributed by atoms with van der Waals surface area (Å²) in [5.41, 5.74) is 0.913. The number of halogens is 1. The maximum atomic E-state index is 12.0. The smallest absolute Gasteiger partial charge is 0.241 e. The molecule has 0 aliphatic carbocycles. The summed E-state index contributed by atoms with van der Waals surface area (Å²) in [6.45, 7) is 2.19. The van der Waals surface area contributed by atoms with Gasteiger partial charge >= 0.3 is 0 Å². The van der Waals surface area contributed by atoms with Crippen LogP contribution in [0.1, 0.15) is 19.8 Å². The SMILES string of the molecule is CCCS(=O)(=O)Nc1cccc(NC(=O)C2CC(O)CN2)c1.Cl. The van der Waals surface area contributed by atoms with Crippen molar-refractivity contribution in [1.29, 1.82) is 0 Å². The Hall–Kier alpha value is -1.35. The van der Waals surface area contributed by atoms with Crippen LogP contribution in [-0.2, 0) is 14.8 Å². The second-order valence-corrected chi connectivity index (χ2v) is 7.18. The lowest BCUT2D eigenvalue weighted by Gasteiger charge is -2.12. The number of carbonyl (C=O) groups is 1. The summed E-state index contributed by atoms with van der Waals surface area (Å²) < 4.78 is 26.0. The van der Waals surface area contributed by atoms with E-state index in [0.717, 1.165) is 0 Å². The highest BCUT2D eigenvalue weighted by atomic mass is 35.5. The van der Waals surface area contributed by atoms with Gasteiger partial charge in [0.15, 0.2) is 0 Å². The van der Waals surface area contributed by atoms with Crippen molar-refractivity contribution in [1.82, 2.24) is 5.32 Å². The molecule has 23 heavy (non-hydrogen) atoms. The number of hydrogen-bond donors (Lipinski definition) is 4. The van der Waals surface area contributed by atoms with Crippen LogP contribution in [0.2, 0.25) is 0 Å². The van der Waals surface area contributed by atoms with Crippen LogP contribution in [0.15, 0.2) is 24.3 Å². The van der Waals surface area contributed by atoms with Crippen LogP contribution in [0.5, 0.6) is 0 Å². The minimum Gasteiger partial charge on any atom is -0.392 e. The van der Waals surface area contributed by atoms with E-state index in [4.69, 9.17) is 0 Å². The molecule has 1 aromatic carbocycles. The Morgan fingerprint density at radius 1 is 1.39 bits per heavy atom. The maximum Gasteiger partial charge on any atom is 0.241 e. The third-order valence-corrected chi connectivity index (χ3v) is 4.79. The molecule has 2 rings (SSSR count). The summed E-state index contributed by atoms with van der Waals surface area (Å²) in [6.07, 6.45) is 0.388. The number of nitrogens with one attached hydrogen (secondary N) is 3. The monoisotopic (exact) mass is 363 g/mol. The lowest BCUT2D eigenvalue weighted by molar-refractivity contribution is -0.117. The van der Waals surface area contributed by atoms with E-state index in [0.29, 0.717) is 30.8 Å². The number of amides is 1. The van der Waals surface area contributed by atoms with Crippen molar-refractivity contribution >= 4 is 39.7 Å². The third kappa shape index (κ3) is 5.98. The Labute approximate surface area is 142 Å². The van der Waals surface area contributed by atoms with E-state index < -0.39 is 22.2 Å². The van der Waals surface area contributed by atoms with Crippen molar-refractivity contribution in [3.63, 3.8) is 0 Å². The molecule has 1 aromatic rings. The highest BCUT2D eigenvalue weighted by Gasteiger charge is 2.27. The van der Waals surface area contributed by atoms with Gasteiger partial charge in [-0.15, -0.1) is 12.4 Å². The Kier molecular flexibility index (Phi) is 7.27. The zero-order chi connectivity index (χ0) is 16.2. The topological polar surface area (TPSA) is 108 Å². The Morgan fingerprint density at radius 2 is 2.09 bits per heavy atom. The van der Waals surface area contributed by atoms with Crippen LogP contribution in [-0.4, -0.2) is 43.9 Å². The first kappa shape index (κ1) is 19.7. The molecule has 1 fully saturated rings. The van der Waals surface area contributed by atoms with E-state index in [1.54, 1.807) is 31.2 Å². The second-order valence-electron chi connectivity index (χ2n) is 5.34. The third-order valence-electron chi connectivity index (χ3n) is 3.30. The fourth-order valence-corrected chi connectivity index (χ4v) is 3.43. The fourth-order valence-electron chi connectivity index (χ4n) is 2.31. The molecule has 0 spiro atoms. The molecule has 1 saturated heterocycles. The van der Waals surface area contributed by atoms with Crippen molar-refractivity contribution in [3.8, 4) is 0 Å². The number of sulfonamides is 1. The standard InChI is InChI=1S/C14H21N3O4S.ClH/c1-2-6-22(20,21)17-11-5-3-4-10(7-11)16-14(19)13-8-12(18)9-15-13;/h3-5,7,12-13,15,17-18H,2,6,8-9H2,1H3,(H,16,19);1H. The number of aliphatic hydroxyl groups excluding tert-OH is 1. The first-order chi connectivity index (χ1) is 10.4.